The van der Waals surface area contributed by atoms with Gasteiger partial charge in [0.1, 0.15) is 16.4 Å². The minimum atomic E-state index is -4.19. The molecule has 11 heteroatoms. The van der Waals surface area contributed by atoms with Gasteiger partial charge in [0.15, 0.2) is 0 Å². The summed E-state index contributed by atoms with van der Waals surface area (Å²) in [6.07, 6.45) is 0. The summed E-state index contributed by atoms with van der Waals surface area (Å²) >= 11 is 1.23. The highest BCUT2D eigenvalue weighted by molar-refractivity contribution is 7.92. The van der Waals surface area contributed by atoms with Crippen molar-refractivity contribution in [1.29, 1.82) is 0 Å². The van der Waals surface area contributed by atoms with E-state index in [1.807, 2.05) is 25.1 Å². The Bertz CT molecular complexity index is 1490. The zero-order chi connectivity index (χ0) is 23.8. The van der Waals surface area contributed by atoms with Crippen molar-refractivity contribution in [2.24, 2.45) is 0 Å². The van der Waals surface area contributed by atoms with Crippen molar-refractivity contribution >= 4 is 43.4 Å². The second-order valence-electron chi connectivity index (χ2n) is 7.11. The van der Waals surface area contributed by atoms with Crippen LogP contribution in [0.15, 0.2) is 64.3 Å². The van der Waals surface area contributed by atoms with Gasteiger partial charge in [-0.15, -0.1) is 11.3 Å². The lowest BCUT2D eigenvalue weighted by molar-refractivity contribution is 0.0527. The molecular formula is C22H20N4O5S2. The van der Waals surface area contributed by atoms with Crippen molar-refractivity contribution in [3.8, 4) is 10.6 Å². The first kappa shape index (κ1) is 22.5. The molecule has 0 saturated carbocycles. The summed E-state index contributed by atoms with van der Waals surface area (Å²) in [5, 5.41) is 0.315. The second-order valence-corrected chi connectivity index (χ2v) is 9.80. The predicted molar refractivity (Wildman–Crippen MR) is 127 cm³/mol. The summed E-state index contributed by atoms with van der Waals surface area (Å²) in [5.74, 6) is -1.18. The number of para-hydroxylation sites is 1. The molecule has 2 aromatic heterocycles. The summed E-state index contributed by atoms with van der Waals surface area (Å²) in [6.45, 7) is 3.51. The maximum atomic E-state index is 13.3. The Morgan fingerprint density at radius 3 is 2.55 bits per heavy atom. The van der Waals surface area contributed by atoms with Crippen LogP contribution in [0.3, 0.4) is 0 Å². The van der Waals surface area contributed by atoms with E-state index < -0.39 is 21.6 Å². The van der Waals surface area contributed by atoms with E-state index in [4.69, 9.17) is 10.5 Å². The van der Waals surface area contributed by atoms with E-state index in [0.29, 0.717) is 15.2 Å². The fraction of sp³-hybridized carbons (Fsp3) is 0.136. The van der Waals surface area contributed by atoms with Crippen LogP contribution < -0.4 is 16.1 Å². The van der Waals surface area contributed by atoms with Crippen LogP contribution in [0.1, 0.15) is 22.8 Å². The number of nitrogen functional groups attached to an aromatic ring is 1. The van der Waals surface area contributed by atoms with Gasteiger partial charge in [-0.3, -0.25) is 4.79 Å². The van der Waals surface area contributed by atoms with Crippen LogP contribution in [0.5, 0.6) is 0 Å². The Kier molecular flexibility index (Phi) is 5.91. The van der Waals surface area contributed by atoms with Crippen molar-refractivity contribution < 1.29 is 17.9 Å². The number of nitrogens with zero attached hydrogens (tertiary/aromatic N) is 2. The molecule has 0 bridgehead atoms. The number of ether oxygens (including phenoxy) is 1. The largest absolute Gasteiger partial charge is 0.462 e. The number of carbonyl (C=O) groups excluding carboxylic acids is 1. The van der Waals surface area contributed by atoms with Crippen LogP contribution in [0.25, 0.3) is 20.8 Å². The number of anilines is 1. The van der Waals surface area contributed by atoms with Crippen molar-refractivity contribution in [3.63, 3.8) is 0 Å². The zero-order valence-electron chi connectivity index (χ0n) is 17.7. The van der Waals surface area contributed by atoms with Crippen molar-refractivity contribution in [2.75, 3.05) is 17.2 Å². The van der Waals surface area contributed by atoms with Gasteiger partial charge in [-0.2, -0.15) is 13.1 Å². The Labute approximate surface area is 193 Å². The normalized spacial score (nSPS) is 11.5. The molecule has 0 radical (unpaired) electrons. The first-order valence-electron chi connectivity index (χ1n) is 9.89. The third kappa shape index (κ3) is 4.32. The molecular weight excluding hydrogens is 464 g/mol. The number of rotatable bonds is 6. The van der Waals surface area contributed by atoms with Crippen LogP contribution in [-0.2, 0) is 14.8 Å². The van der Waals surface area contributed by atoms with Gasteiger partial charge in [0.2, 0.25) is 0 Å². The number of pyridine rings is 1. The average molecular weight is 485 g/mol. The predicted octanol–water partition coefficient (Wildman–Crippen LogP) is 3.12. The molecule has 0 fully saturated rings. The number of carbonyl (C=O) groups is 1. The highest BCUT2D eigenvalue weighted by Crippen LogP contribution is 2.30. The van der Waals surface area contributed by atoms with Gasteiger partial charge in [0.25, 0.3) is 15.6 Å². The standard InChI is InChI=1S/C22H20N4O5S2/c1-3-31-22(28)15-12-16(20-24-17-6-4-5-7-18(17)32-20)21(27)26(19(15)23)25-33(29,30)14-10-8-13(2)9-11-14/h4-12,25H,3,23H2,1-2H3. The summed E-state index contributed by atoms with van der Waals surface area (Å²) in [7, 11) is -4.19. The number of hydrogen-bond acceptors (Lipinski definition) is 8. The Balaban J connectivity index is 1.91. The molecule has 0 spiro atoms. The Morgan fingerprint density at radius 1 is 1.18 bits per heavy atom. The number of aromatic nitrogens is 2. The molecule has 4 rings (SSSR count). The topological polar surface area (TPSA) is 133 Å². The Hall–Kier alpha value is -3.70. The third-order valence-corrected chi connectivity index (χ3v) is 7.19. The maximum Gasteiger partial charge on any atom is 0.341 e. The number of aryl methyl sites for hydroxylation is 1. The third-order valence-electron chi connectivity index (χ3n) is 4.80. The summed E-state index contributed by atoms with van der Waals surface area (Å²) in [4.78, 5) is 32.5. The first-order chi connectivity index (χ1) is 15.7. The number of fused-ring (bicyclic) bond motifs is 1. The monoisotopic (exact) mass is 484 g/mol. The fourth-order valence-corrected chi connectivity index (χ4v) is 5.12. The van der Waals surface area contributed by atoms with Gasteiger partial charge in [-0.1, -0.05) is 29.8 Å². The van der Waals surface area contributed by atoms with Gasteiger partial charge in [0, 0.05) is 0 Å². The highest BCUT2D eigenvalue weighted by Gasteiger charge is 2.24. The lowest BCUT2D eigenvalue weighted by Gasteiger charge is -2.16. The molecule has 0 saturated heterocycles. The molecule has 3 N–H and O–H groups in total. The quantitative estimate of drug-likeness (QED) is 0.402. The molecule has 9 nitrogen and oxygen atoms in total. The van der Waals surface area contributed by atoms with Gasteiger partial charge >= 0.3 is 5.97 Å². The Morgan fingerprint density at radius 2 is 1.88 bits per heavy atom. The van der Waals surface area contributed by atoms with Crippen LogP contribution in [0.2, 0.25) is 0 Å². The minimum Gasteiger partial charge on any atom is -0.462 e. The lowest BCUT2D eigenvalue weighted by Crippen LogP contribution is -2.37. The molecule has 0 aliphatic rings. The zero-order valence-corrected chi connectivity index (χ0v) is 19.4. The van der Waals surface area contributed by atoms with E-state index in [1.54, 1.807) is 25.1 Å². The van der Waals surface area contributed by atoms with E-state index in [2.05, 4.69) is 9.82 Å². The van der Waals surface area contributed by atoms with E-state index in [9.17, 15) is 18.0 Å². The van der Waals surface area contributed by atoms with E-state index >= 15 is 0 Å². The minimum absolute atomic E-state index is 0.0139. The number of sulfonamides is 1. The molecule has 170 valence electrons. The van der Waals surface area contributed by atoms with Crippen molar-refractivity contribution in [1.82, 2.24) is 9.66 Å². The van der Waals surface area contributed by atoms with Crippen LogP contribution in [-0.4, -0.2) is 30.7 Å². The molecule has 0 unspecified atom stereocenters. The number of hydrogen-bond donors (Lipinski definition) is 2. The smallest absolute Gasteiger partial charge is 0.341 e. The molecule has 0 amide bonds. The first-order valence-corrected chi connectivity index (χ1v) is 12.2. The molecule has 0 aliphatic carbocycles. The molecule has 0 atom stereocenters. The average Bonchev–Trinajstić information content (AvgIpc) is 3.21. The van der Waals surface area contributed by atoms with Crippen LogP contribution >= 0.6 is 11.3 Å². The maximum absolute atomic E-state index is 13.3. The van der Waals surface area contributed by atoms with E-state index in [0.717, 1.165) is 10.3 Å². The van der Waals surface area contributed by atoms with Gasteiger partial charge in [-0.25, -0.2) is 14.6 Å². The molecule has 2 aromatic carbocycles. The second kappa shape index (κ2) is 8.68. The summed E-state index contributed by atoms with van der Waals surface area (Å²) in [6, 6.07) is 14.6. The van der Waals surface area contributed by atoms with Gasteiger partial charge in [0.05, 0.1) is 27.3 Å². The molecule has 0 aliphatic heterocycles. The highest BCUT2D eigenvalue weighted by atomic mass is 32.2. The van der Waals surface area contributed by atoms with Crippen LogP contribution in [0.4, 0.5) is 5.82 Å². The van der Waals surface area contributed by atoms with Crippen molar-refractivity contribution in [3.05, 3.63) is 76.1 Å². The number of esters is 1. The fourth-order valence-electron chi connectivity index (χ4n) is 3.12. The lowest BCUT2D eigenvalue weighted by atomic mass is 10.2. The van der Waals surface area contributed by atoms with E-state index in [-0.39, 0.29) is 28.4 Å². The summed E-state index contributed by atoms with van der Waals surface area (Å²) < 4.78 is 32.4. The van der Waals surface area contributed by atoms with E-state index in [1.165, 1.54) is 29.5 Å². The SMILES string of the molecule is CCOC(=O)c1cc(-c2nc3ccccc3s2)c(=O)n(NS(=O)(=O)c2ccc(C)cc2)c1N. The van der Waals surface area contributed by atoms with Gasteiger partial charge < -0.3 is 10.5 Å². The number of nitrogens with two attached hydrogens (primary N) is 1. The summed E-state index contributed by atoms with van der Waals surface area (Å²) in [5.41, 5.74) is 6.69. The number of nitrogens with one attached hydrogen (secondary N) is 1. The van der Waals surface area contributed by atoms with Gasteiger partial charge in [-0.05, 0) is 44.2 Å². The van der Waals surface area contributed by atoms with Crippen LogP contribution in [0, 0.1) is 6.92 Å². The number of thiazole rings is 1. The molecule has 33 heavy (non-hydrogen) atoms. The molecule has 4 aromatic rings. The number of benzene rings is 2. The molecule has 2 heterocycles. The van der Waals surface area contributed by atoms with Crippen molar-refractivity contribution in [2.45, 2.75) is 18.7 Å².